The molecule has 0 saturated carbocycles. The Labute approximate surface area is 51.5 Å². The monoisotopic (exact) mass is 161 g/mol. The van der Waals surface area contributed by atoms with Crippen LogP contribution in [0.15, 0.2) is 6.26 Å². The van der Waals surface area contributed by atoms with Crippen LogP contribution in [0, 0.1) is 6.08 Å². The summed E-state index contributed by atoms with van der Waals surface area (Å²) in [6.07, 6.45) is 5.54. The average molecular weight is 162 g/mol. The van der Waals surface area contributed by atoms with Crippen LogP contribution in [0.5, 0.6) is 0 Å². The van der Waals surface area contributed by atoms with Crippen LogP contribution in [-0.2, 0) is 4.74 Å². The Morgan fingerprint density at radius 3 is 3.00 bits per heavy atom. The van der Waals surface area contributed by atoms with E-state index in [0.29, 0.717) is 4.83 Å². The molecule has 39 valence electrons. The number of hydrogen-bond donors (Lipinski definition) is 0. The lowest BCUT2D eigenvalue weighted by atomic mass is 10.3. The fourth-order valence-corrected chi connectivity index (χ4v) is 0.786. The molecule has 1 nitrogen and oxygen atoms in total. The van der Waals surface area contributed by atoms with Crippen molar-refractivity contribution in [3.8, 4) is 0 Å². The van der Waals surface area contributed by atoms with Gasteiger partial charge in [0.1, 0.15) is 6.61 Å². The van der Waals surface area contributed by atoms with E-state index >= 15 is 0 Å². The lowest BCUT2D eigenvalue weighted by Gasteiger charge is -2.09. The van der Waals surface area contributed by atoms with E-state index in [1.54, 1.807) is 6.26 Å². The summed E-state index contributed by atoms with van der Waals surface area (Å²) in [6, 6.07) is 0. The molecule has 0 fully saturated rings. The molecule has 1 aliphatic heterocycles. The second-order valence-electron chi connectivity index (χ2n) is 1.46. The fraction of sp³-hybridized carbons (Fsp3) is 0.600. The van der Waals surface area contributed by atoms with E-state index in [1.165, 1.54) is 0 Å². The lowest BCUT2D eigenvalue weighted by molar-refractivity contribution is 0.234. The van der Waals surface area contributed by atoms with Gasteiger partial charge in [-0.15, -0.1) is 0 Å². The van der Waals surface area contributed by atoms with Gasteiger partial charge >= 0.3 is 0 Å². The van der Waals surface area contributed by atoms with Gasteiger partial charge in [0, 0.05) is 0 Å². The van der Waals surface area contributed by atoms with Crippen LogP contribution in [0.2, 0.25) is 0 Å². The maximum absolute atomic E-state index is 4.90. The summed E-state index contributed by atoms with van der Waals surface area (Å²) in [5, 5.41) is 0. The Bertz CT molecular complexity index is 80.1. The molecule has 0 aromatic rings. The number of halogens is 1. The van der Waals surface area contributed by atoms with Crippen LogP contribution >= 0.6 is 15.9 Å². The minimum Gasteiger partial charge on any atom is -0.500 e. The molecule has 1 atom stereocenters. The van der Waals surface area contributed by atoms with Crippen molar-refractivity contribution in [3.63, 3.8) is 0 Å². The summed E-state index contributed by atoms with van der Waals surface area (Å²) >= 11 is 3.38. The van der Waals surface area contributed by atoms with Gasteiger partial charge in [-0.25, -0.2) is 0 Å². The largest absolute Gasteiger partial charge is 0.500 e. The normalized spacial score (nSPS) is 29.6. The zero-order valence-corrected chi connectivity index (χ0v) is 5.44. The molecule has 0 spiro atoms. The molecule has 0 bridgehead atoms. The number of ether oxygens (including phenoxy) is 1. The highest BCUT2D eigenvalue weighted by atomic mass is 79.9. The number of alkyl halides is 1. The molecule has 0 saturated heterocycles. The van der Waals surface area contributed by atoms with E-state index in [-0.39, 0.29) is 0 Å². The van der Waals surface area contributed by atoms with Crippen LogP contribution in [0.4, 0.5) is 0 Å². The van der Waals surface area contributed by atoms with Crippen molar-refractivity contribution >= 4 is 15.9 Å². The predicted molar refractivity (Wildman–Crippen MR) is 31.1 cm³/mol. The summed E-state index contributed by atoms with van der Waals surface area (Å²) in [6.45, 7) is 0.785. The van der Waals surface area contributed by atoms with Crippen LogP contribution in [0.3, 0.4) is 0 Å². The van der Waals surface area contributed by atoms with Gasteiger partial charge in [-0.1, -0.05) is 15.9 Å². The Kier molecular flexibility index (Phi) is 1.74. The Morgan fingerprint density at radius 2 is 2.71 bits per heavy atom. The second kappa shape index (κ2) is 2.36. The van der Waals surface area contributed by atoms with Crippen molar-refractivity contribution < 1.29 is 4.74 Å². The molecule has 1 radical (unpaired) electrons. The van der Waals surface area contributed by atoms with Gasteiger partial charge in [-0.2, -0.15) is 0 Å². The van der Waals surface area contributed by atoms with Crippen LogP contribution in [0.1, 0.15) is 6.42 Å². The SMILES string of the molecule is BrC1C[C]=COC1. The molecule has 0 N–H and O–H groups in total. The molecule has 2 heteroatoms. The highest BCUT2D eigenvalue weighted by molar-refractivity contribution is 9.09. The van der Waals surface area contributed by atoms with E-state index in [1.807, 2.05) is 0 Å². The van der Waals surface area contributed by atoms with Crippen molar-refractivity contribution in [1.29, 1.82) is 0 Å². The Balaban J connectivity index is 2.32. The third-order valence-corrected chi connectivity index (χ3v) is 1.37. The van der Waals surface area contributed by atoms with E-state index in [0.717, 1.165) is 13.0 Å². The van der Waals surface area contributed by atoms with Crippen LogP contribution in [-0.4, -0.2) is 11.4 Å². The van der Waals surface area contributed by atoms with E-state index < -0.39 is 0 Å². The second-order valence-corrected chi connectivity index (χ2v) is 2.75. The van der Waals surface area contributed by atoms with Crippen LogP contribution in [0.25, 0.3) is 0 Å². The van der Waals surface area contributed by atoms with E-state index in [2.05, 4.69) is 22.0 Å². The molecule has 0 aliphatic carbocycles. The molecule has 0 amide bonds. The third-order valence-electron chi connectivity index (χ3n) is 0.783. The number of allylic oxidation sites excluding steroid dienone is 1. The topological polar surface area (TPSA) is 9.23 Å². The van der Waals surface area contributed by atoms with Crippen molar-refractivity contribution in [1.82, 2.24) is 0 Å². The molecule has 0 aromatic carbocycles. The summed E-state index contributed by atoms with van der Waals surface area (Å²) in [4.78, 5) is 0.484. The highest BCUT2D eigenvalue weighted by Crippen LogP contribution is 2.09. The lowest BCUT2D eigenvalue weighted by Crippen LogP contribution is -2.08. The van der Waals surface area contributed by atoms with Gasteiger partial charge in [0.25, 0.3) is 0 Å². The average Bonchev–Trinajstić information content (AvgIpc) is 1.69. The zero-order chi connectivity index (χ0) is 5.11. The van der Waals surface area contributed by atoms with Crippen molar-refractivity contribution in [2.75, 3.05) is 6.61 Å². The van der Waals surface area contributed by atoms with Crippen LogP contribution < -0.4 is 0 Å². The summed E-state index contributed by atoms with van der Waals surface area (Å²) in [5.74, 6) is 0. The molecule has 1 heterocycles. The minimum absolute atomic E-state index is 0.484. The first kappa shape index (κ1) is 5.16. The molecular weight excluding hydrogens is 156 g/mol. The minimum atomic E-state index is 0.484. The van der Waals surface area contributed by atoms with Gasteiger partial charge in [-0.3, -0.25) is 0 Å². The van der Waals surface area contributed by atoms with E-state index in [4.69, 9.17) is 4.74 Å². The molecule has 7 heavy (non-hydrogen) atoms. The smallest absolute Gasteiger partial charge is 0.100 e. The third kappa shape index (κ3) is 1.51. The Hall–Kier alpha value is 0.0200. The van der Waals surface area contributed by atoms with Gasteiger partial charge in [0.05, 0.1) is 11.1 Å². The van der Waals surface area contributed by atoms with Crippen molar-refractivity contribution in [3.05, 3.63) is 12.3 Å². The Morgan fingerprint density at radius 1 is 1.86 bits per heavy atom. The standard InChI is InChI=1S/C5H6BrO/c6-5-2-1-3-7-4-5/h3,5H,2,4H2. The van der Waals surface area contributed by atoms with Crippen molar-refractivity contribution in [2.45, 2.75) is 11.2 Å². The molecular formula is C5H6BrO. The predicted octanol–water partition coefficient (Wildman–Crippen LogP) is 1.49. The first-order chi connectivity index (χ1) is 3.39. The fourth-order valence-electron chi connectivity index (χ4n) is 0.446. The van der Waals surface area contributed by atoms with Gasteiger partial charge in [0.15, 0.2) is 0 Å². The van der Waals surface area contributed by atoms with E-state index in [9.17, 15) is 0 Å². The molecule has 0 aromatic heterocycles. The summed E-state index contributed by atoms with van der Waals surface area (Å²) < 4.78 is 4.90. The summed E-state index contributed by atoms with van der Waals surface area (Å²) in [5.41, 5.74) is 0. The maximum Gasteiger partial charge on any atom is 0.100 e. The van der Waals surface area contributed by atoms with Gasteiger partial charge in [0.2, 0.25) is 0 Å². The zero-order valence-electron chi connectivity index (χ0n) is 3.86. The molecule has 1 rings (SSSR count). The van der Waals surface area contributed by atoms with Gasteiger partial charge in [-0.05, 0) is 12.5 Å². The quantitative estimate of drug-likeness (QED) is 0.490. The van der Waals surface area contributed by atoms with Gasteiger partial charge < -0.3 is 4.74 Å². The summed E-state index contributed by atoms with van der Waals surface area (Å²) in [7, 11) is 0. The van der Waals surface area contributed by atoms with Crippen molar-refractivity contribution in [2.24, 2.45) is 0 Å². The number of hydrogen-bond acceptors (Lipinski definition) is 1. The molecule has 1 aliphatic rings. The molecule has 1 unspecified atom stereocenters. The number of rotatable bonds is 0. The maximum atomic E-state index is 4.90. The first-order valence-electron chi connectivity index (χ1n) is 2.20. The first-order valence-corrected chi connectivity index (χ1v) is 3.12. The highest BCUT2D eigenvalue weighted by Gasteiger charge is 2.03.